The molecule has 1 heterocycles. The van der Waals surface area contributed by atoms with Crippen molar-refractivity contribution in [2.24, 2.45) is 0 Å². The van der Waals surface area contributed by atoms with Crippen LogP contribution in [0.4, 0.5) is 0 Å². The molecule has 0 saturated heterocycles. The highest BCUT2D eigenvalue weighted by Crippen LogP contribution is 2.20. The smallest absolute Gasteiger partial charge is 0.107 e. The summed E-state index contributed by atoms with van der Waals surface area (Å²) < 4.78 is 0. The Morgan fingerprint density at radius 3 is 3.00 bits per heavy atom. The van der Waals surface area contributed by atoms with E-state index in [-0.39, 0.29) is 0 Å². The van der Waals surface area contributed by atoms with Gasteiger partial charge in [0.1, 0.15) is 6.10 Å². The maximum atomic E-state index is 9.60. The fraction of sp³-hybridized carbons (Fsp3) is 0.200. The van der Waals surface area contributed by atoms with Crippen molar-refractivity contribution >= 4 is 11.3 Å². The van der Waals surface area contributed by atoms with Crippen LogP contribution in [-0.4, -0.2) is 5.11 Å². The van der Waals surface area contributed by atoms with Gasteiger partial charge in [0, 0.05) is 4.88 Å². The summed E-state index contributed by atoms with van der Waals surface area (Å²) in [6.45, 7) is 5.54. The number of hydrogen-bond donors (Lipinski definition) is 1. The lowest BCUT2D eigenvalue weighted by atomic mass is 10.2. The second-order valence-electron chi connectivity index (χ2n) is 2.58. The first-order valence-corrected chi connectivity index (χ1v) is 4.64. The zero-order valence-corrected chi connectivity index (χ0v) is 7.84. The van der Waals surface area contributed by atoms with E-state index in [1.54, 1.807) is 23.5 Å². The molecule has 0 amide bonds. The molecule has 1 aromatic heterocycles. The van der Waals surface area contributed by atoms with Crippen molar-refractivity contribution in [1.82, 2.24) is 0 Å². The van der Waals surface area contributed by atoms with E-state index in [0.29, 0.717) is 0 Å². The van der Waals surface area contributed by atoms with E-state index in [4.69, 9.17) is 0 Å². The van der Waals surface area contributed by atoms with E-state index < -0.39 is 6.10 Å². The minimum atomic E-state index is -0.483. The summed E-state index contributed by atoms with van der Waals surface area (Å²) in [5, 5.41) is 11.6. The van der Waals surface area contributed by atoms with E-state index in [2.05, 4.69) is 6.58 Å². The lowest BCUT2D eigenvalue weighted by Crippen LogP contribution is -1.89. The van der Waals surface area contributed by atoms with E-state index in [0.717, 1.165) is 10.5 Å². The third kappa shape index (κ3) is 2.32. The maximum Gasteiger partial charge on any atom is 0.107 e. The topological polar surface area (TPSA) is 20.2 Å². The van der Waals surface area contributed by atoms with E-state index in [9.17, 15) is 5.11 Å². The van der Waals surface area contributed by atoms with E-state index >= 15 is 0 Å². The minimum Gasteiger partial charge on any atom is -0.383 e. The fourth-order valence-corrected chi connectivity index (χ4v) is 1.54. The quantitative estimate of drug-likeness (QED) is 0.709. The Labute approximate surface area is 76.7 Å². The van der Waals surface area contributed by atoms with Crippen LogP contribution in [0.25, 0.3) is 0 Å². The lowest BCUT2D eigenvalue weighted by Gasteiger charge is -2.02. The molecule has 0 aliphatic carbocycles. The van der Waals surface area contributed by atoms with Gasteiger partial charge in [-0.15, -0.1) is 11.3 Å². The summed E-state index contributed by atoms with van der Waals surface area (Å²) in [4.78, 5) is 0.969. The zero-order valence-electron chi connectivity index (χ0n) is 7.03. The minimum absolute atomic E-state index is 0.483. The SMILES string of the molecule is C=C/C(C)=C/C(O)c1cccs1. The first kappa shape index (κ1) is 9.23. The van der Waals surface area contributed by atoms with Gasteiger partial charge in [0.15, 0.2) is 0 Å². The van der Waals surface area contributed by atoms with Gasteiger partial charge in [-0.25, -0.2) is 0 Å². The molecule has 0 spiro atoms. The predicted octanol–water partition coefficient (Wildman–Crippen LogP) is 2.91. The first-order valence-electron chi connectivity index (χ1n) is 3.76. The van der Waals surface area contributed by atoms with Gasteiger partial charge >= 0.3 is 0 Å². The molecule has 1 atom stereocenters. The van der Waals surface area contributed by atoms with Gasteiger partial charge < -0.3 is 5.11 Å². The maximum absolute atomic E-state index is 9.60. The Kier molecular flexibility index (Phi) is 3.26. The Bertz CT molecular complexity index is 272. The predicted molar refractivity (Wildman–Crippen MR) is 53.2 cm³/mol. The van der Waals surface area contributed by atoms with Crippen molar-refractivity contribution < 1.29 is 5.11 Å². The van der Waals surface area contributed by atoms with Gasteiger partial charge in [0.05, 0.1) is 0 Å². The molecule has 1 rings (SSSR count). The molecule has 1 aromatic rings. The van der Waals surface area contributed by atoms with Crippen molar-refractivity contribution in [1.29, 1.82) is 0 Å². The van der Waals surface area contributed by atoms with Crippen LogP contribution in [0.1, 0.15) is 17.9 Å². The molecule has 0 saturated carbocycles. The number of hydrogen-bond acceptors (Lipinski definition) is 2. The van der Waals surface area contributed by atoms with Crippen molar-refractivity contribution in [3.63, 3.8) is 0 Å². The van der Waals surface area contributed by atoms with Crippen LogP contribution in [0, 0.1) is 0 Å². The molecular weight excluding hydrogens is 168 g/mol. The molecule has 64 valence electrons. The molecular formula is C10H12OS. The largest absolute Gasteiger partial charge is 0.383 e. The molecule has 0 radical (unpaired) electrons. The molecule has 12 heavy (non-hydrogen) atoms. The number of aliphatic hydroxyl groups excluding tert-OH is 1. The average Bonchev–Trinajstić information content (AvgIpc) is 2.56. The molecule has 0 aromatic carbocycles. The Morgan fingerprint density at radius 1 is 1.75 bits per heavy atom. The van der Waals surface area contributed by atoms with Gasteiger partial charge in [-0.2, -0.15) is 0 Å². The number of rotatable bonds is 3. The first-order chi connectivity index (χ1) is 5.74. The van der Waals surface area contributed by atoms with Crippen LogP contribution in [-0.2, 0) is 0 Å². The highest BCUT2D eigenvalue weighted by Gasteiger charge is 2.03. The van der Waals surface area contributed by atoms with Crippen LogP contribution in [0.15, 0.2) is 41.8 Å². The van der Waals surface area contributed by atoms with Crippen molar-refractivity contribution in [2.75, 3.05) is 0 Å². The van der Waals surface area contributed by atoms with E-state index in [1.807, 2.05) is 24.4 Å². The second kappa shape index (κ2) is 4.24. The molecule has 0 aliphatic rings. The van der Waals surface area contributed by atoms with Crippen LogP contribution in [0.3, 0.4) is 0 Å². The molecule has 1 N–H and O–H groups in total. The number of thiophene rings is 1. The average molecular weight is 180 g/mol. The molecule has 2 heteroatoms. The standard InChI is InChI=1S/C10H12OS/c1-3-8(2)7-9(11)10-5-4-6-12-10/h3-7,9,11H,1H2,2H3/b8-7+. The normalized spacial score (nSPS) is 14.3. The van der Waals surface area contributed by atoms with Gasteiger partial charge in [0.2, 0.25) is 0 Å². The van der Waals surface area contributed by atoms with Gasteiger partial charge in [-0.05, 0) is 24.4 Å². The summed E-state index contributed by atoms with van der Waals surface area (Å²) in [6, 6.07) is 3.85. The molecule has 0 bridgehead atoms. The third-order valence-electron chi connectivity index (χ3n) is 1.58. The summed E-state index contributed by atoms with van der Waals surface area (Å²) in [5.74, 6) is 0. The number of aliphatic hydroxyl groups is 1. The Hall–Kier alpha value is -0.860. The Balaban J connectivity index is 2.73. The second-order valence-corrected chi connectivity index (χ2v) is 3.55. The van der Waals surface area contributed by atoms with Crippen LogP contribution < -0.4 is 0 Å². The highest BCUT2D eigenvalue weighted by molar-refractivity contribution is 7.10. The van der Waals surface area contributed by atoms with E-state index in [1.165, 1.54) is 0 Å². The highest BCUT2D eigenvalue weighted by atomic mass is 32.1. The third-order valence-corrected chi connectivity index (χ3v) is 2.52. The molecule has 0 aliphatic heterocycles. The number of allylic oxidation sites excluding steroid dienone is 2. The van der Waals surface area contributed by atoms with Crippen molar-refractivity contribution in [3.05, 3.63) is 46.7 Å². The monoisotopic (exact) mass is 180 g/mol. The Morgan fingerprint density at radius 2 is 2.50 bits per heavy atom. The summed E-state index contributed by atoms with van der Waals surface area (Å²) in [6.07, 6.45) is 3.04. The lowest BCUT2D eigenvalue weighted by molar-refractivity contribution is 0.232. The van der Waals surface area contributed by atoms with Gasteiger partial charge in [-0.3, -0.25) is 0 Å². The van der Waals surface area contributed by atoms with Crippen LogP contribution in [0.5, 0.6) is 0 Å². The van der Waals surface area contributed by atoms with Crippen LogP contribution >= 0.6 is 11.3 Å². The van der Waals surface area contributed by atoms with Gasteiger partial charge in [0.25, 0.3) is 0 Å². The van der Waals surface area contributed by atoms with Crippen LogP contribution in [0.2, 0.25) is 0 Å². The van der Waals surface area contributed by atoms with Gasteiger partial charge in [-0.1, -0.05) is 24.3 Å². The summed E-state index contributed by atoms with van der Waals surface area (Å²) >= 11 is 1.55. The molecule has 0 fully saturated rings. The zero-order chi connectivity index (χ0) is 8.97. The molecule has 1 nitrogen and oxygen atoms in total. The van der Waals surface area contributed by atoms with Crippen molar-refractivity contribution in [3.8, 4) is 0 Å². The summed E-state index contributed by atoms with van der Waals surface area (Å²) in [7, 11) is 0. The fourth-order valence-electron chi connectivity index (χ4n) is 0.859. The molecule has 1 unspecified atom stereocenters. The summed E-state index contributed by atoms with van der Waals surface area (Å²) in [5.41, 5.74) is 0.996. The van der Waals surface area contributed by atoms with Crippen molar-refractivity contribution in [2.45, 2.75) is 13.0 Å².